The topological polar surface area (TPSA) is 23.5 Å². The standard InChI is InChI=1S/C20H30FNO/c1-16-14-17(9-10-19(16)21)20(23)11-5-4-8-18(20)15-22-12-6-2-3-7-13-22/h9-10,14,18,23H,2-8,11-13,15H2,1H3. The van der Waals surface area contributed by atoms with Gasteiger partial charge in [-0.1, -0.05) is 37.8 Å². The summed E-state index contributed by atoms with van der Waals surface area (Å²) in [4.78, 5) is 2.55. The van der Waals surface area contributed by atoms with Crippen LogP contribution in [0, 0.1) is 18.7 Å². The molecule has 1 heterocycles. The van der Waals surface area contributed by atoms with Crippen LogP contribution in [0.2, 0.25) is 0 Å². The second kappa shape index (κ2) is 7.31. The summed E-state index contributed by atoms with van der Waals surface area (Å²) >= 11 is 0. The lowest BCUT2D eigenvalue weighted by Crippen LogP contribution is -2.44. The lowest BCUT2D eigenvalue weighted by molar-refractivity contribution is -0.0655. The number of rotatable bonds is 3. The SMILES string of the molecule is Cc1cc(C2(O)CCCCC2CN2CCCCCC2)ccc1F. The van der Waals surface area contributed by atoms with Crippen LogP contribution in [0.5, 0.6) is 0 Å². The third kappa shape index (κ3) is 3.77. The summed E-state index contributed by atoms with van der Waals surface area (Å²) < 4.78 is 13.6. The van der Waals surface area contributed by atoms with E-state index in [1.807, 2.05) is 6.07 Å². The van der Waals surface area contributed by atoms with Crippen LogP contribution < -0.4 is 0 Å². The molecule has 0 bridgehead atoms. The highest BCUT2D eigenvalue weighted by atomic mass is 19.1. The fraction of sp³-hybridized carbons (Fsp3) is 0.700. The Morgan fingerprint density at radius 2 is 1.87 bits per heavy atom. The van der Waals surface area contributed by atoms with Gasteiger partial charge in [-0.3, -0.25) is 0 Å². The van der Waals surface area contributed by atoms with Crippen LogP contribution in [0.3, 0.4) is 0 Å². The summed E-state index contributed by atoms with van der Waals surface area (Å²) in [5.74, 6) is 0.0800. The fourth-order valence-corrected chi connectivity index (χ4v) is 4.39. The van der Waals surface area contributed by atoms with Crippen molar-refractivity contribution in [3.05, 3.63) is 35.1 Å². The first kappa shape index (κ1) is 16.9. The van der Waals surface area contributed by atoms with Gasteiger partial charge in [0.25, 0.3) is 0 Å². The van der Waals surface area contributed by atoms with Crippen molar-refractivity contribution >= 4 is 0 Å². The van der Waals surface area contributed by atoms with E-state index in [-0.39, 0.29) is 11.7 Å². The minimum Gasteiger partial charge on any atom is -0.385 e. The highest BCUT2D eigenvalue weighted by Crippen LogP contribution is 2.42. The van der Waals surface area contributed by atoms with Gasteiger partial charge in [0.15, 0.2) is 0 Å². The first-order chi connectivity index (χ1) is 11.1. The number of likely N-dealkylation sites (tertiary alicyclic amines) is 1. The van der Waals surface area contributed by atoms with Gasteiger partial charge in [0.1, 0.15) is 5.82 Å². The summed E-state index contributed by atoms with van der Waals surface area (Å²) in [7, 11) is 0. The van der Waals surface area contributed by atoms with Gasteiger partial charge < -0.3 is 10.0 Å². The van der Waals surface area contributed by atoms with E-state index in [2.05, 4.69) is 4.90 Å². The normalized spacial score (nSPS) is 30.1. The third-order valence-electron chi connectivity index (χ3n) is 5.87. The molecule has 1 N–H and O–H groups in total. The Hall–Kier alpha value is -0.930. The number of aryl methyl sites for hydroxylation is 1. The van der Waals surface area contributed by atoms with Gasteiger partial charge in [-0.2, -0.15) is 0 Å². The van der Waals surface area contributed by atoms with E-state index in [9.17, 15) is 9.50 Å². The van der Waals surface area contributed by atoms with Crippen LogP contribution in [0.1, 0.15) is 62.5 Å². The molecule has 2 nitrogen and oxygen atoms in total. The zero-order chi connectivity index (χ0) is 16.3. The van der Waals surface area contributed by atoms with Crippen molar-refractivity contribution in [1.29, 1.82) is 0 Å². The van der Waals surface area contributed by atoms with Gasteiger partial charge in [0, 0.05) is 12.5 Å². The molecule has 1 aliphatic carbocycles. The monoisotopic (exact) mass is 319 g/mol. The van der Waals surface area contributed by atoms with Crippen LogP contribution in [0.4, 0.5) is 4.39 Å². The molecule has 128 valence electrons. The Morgan fingerprint density at radius 3 is 2.57 bits per heavy atom. The molecule has 1 aromatic carbocycles. The summed E-state index contributed by atoms with van der Waals surface area (Å²) in [6.07, 6.45) is 9.36. The highest BCUT2D eigenvalue weighted by molar-refractivity contribution is 5.30. The van der Waals surface area contributed by atoms with Gasteiger partial charge in [0.2, 0.25) is 0 Å². The predicted octanol–water partition coefficient (Wildman–Crippen LogP) is 4.39. The Labute approximate surface area is 139 Å². The van der Waals surface area contributed by atoms with E-state index in [1.54, 1.807) is 13.0 Å². The lowest BCUT2D eigenvalue weighted by Gasteiger charge is -2.43. The van der Waals surface area contributed by atoms with Crippen molar-refractivity contribution in [2.45, 2.75) is 63.9 Å². The van der Waals surface area contributed by atoms with E-state index < -0.39 is 5.60 Å². The molecule has 0 spiro atoms. The maximum Gasteiger partial charge on any atom is 0.126 e. The molecule has 1 saturated heterocycles. The molecule has 1 saturated carbocycles. The Kier molecular flexibility index (Phi) is 5.38. The van der Waals surface area contributed by atoms with E-state index >= 15 is 0 Å². The molecule has 2 unspecified atom stereocenters. The quantitative estimate of drug-likeness (QED) is 0.893. The number of hydrogen-bond acceptors (Lipinski definition) is 2. The second-order valence-electron chi connectivity index (χ2n) is 7.55. The van der Waals surface area contributed by atoms with Crippen molar-refractivity contribution < 1.29 is 9.50 Å². The van der Waals surface area contributed by atoms with E-state index in [1.165, 1.54) is 38.2 Å². The van der Waals surface area contributed by atoms with Crippen molar-refractivity contribution in [2.24, 2.45) is 5.92 Å². The van der Waals surface area contributed by atoms with Gasteiger partial charge >= 0.3 is 0 Å². The van der Waals surface area contributed by atoms with E-state index in [0.29, 0.717) is 5.56 Å². The van der Waals surface area contributed by atoms with E-state index in [4.69, 9.17) is 0 Å². The average Bonchev–Trinajstić information content (AvgIpc) is 2.81. The number of aliphatic hydroxyl groups is 1. The zero-order valence-corrected chi connectivity index (χ0v) is 14.4. The Bertz CT molecular complexity index is 524. The van der Waals surface area contributed by atoms with Crippen LogP contribution in [-0.2, 0) is 5.60 Å². The minimum absolute atomic E-state index is 0.183. The largest absolute Gasteiger partial charge is 0.385 e. The summed E-state index contributed by atoms with van der Waals surface area (Å²) in [6.45, 7) is 5.09. The maximum absolute atomic E-state index is 13.6. The number of hydrogen-bond donors (Lipinski definition) is 1. The second-order valence-corrected chi connectivity index (χ2v) is 7.55. The molecule has 2 fully saturated rings. The molecule has 2 atom stereocenters. The molecule has 3 rings (SSSR count). The molecule has 0 aromatic heterocycles. The van der Waals surface area contributed by atoms with Gasteiger partial charge in [-0.25, -0.2) is 4.39 Å². The van der Waals surface area contributed by atoms with Crippen LogP contribution in [-0.4, -0.2) is 29.6 Å². The molecule has 3 heteroatoms. The fourth-order valence-electron chi connectivity index (χ4n) is 4.39. The molecular weight excluding hydrogens is 289 g/mol. The summed E-state index contributed by atoms with van der Waals surface area (Å²) in [5, 5.41) is 11.5. The molecule has 1 aliphatic heterocycles. The molecule has 1 aromatic rings. The molecule has 0 amide bonds. The lowest BCUT2D eigenvalue weighted by atomic mass is 9.71. The van der Waals surface area contributed by atoms with Gasteiger partial charge in [-0.15, -0.1) is 0 Å². The Balaban J connectivity index is 1.80. The molecule has 2 aliphatic rings. The van der Waals surface area contributed by atoms with Crippen molar-refractivity contribution in [3.8, 4) is 0 Å². The summed E-state index contributed by atoms with van der Waals surface area (Å²) in [5.41, 5.74) is 0.758. The van der Waals surface area contributed by atoms with Gasteiger partial charge in [-0.05, 0) is 62.9 Å². The van der Waals surface area contributed by atoms with Crippen molar-refractivity contribution in [3.63, 3.8) is 0 Å². The van der Waals surface area contributed by atoms with E-state index in [0.717, 1.165) is 44.5 Å². The van der Waals surface area contributed by atoms with Crippen molar-refractivity contribution in [2.75, 3.05) is 19.6 Å². The maximum atomic E-state index is 13.6. The minimum atomic E-state index is -0.789. The van der Waals surface area contributed by atoms with Crippen LogP contribution in [0.15, 0.2) is 18.2 Å². The Morgan fingerprint density at radius 1 is 1.13 bits per heavy atom. The first-order valence-electron chi connectivity index (χ1n) is 9.31. The third-order valence-corrected chi connectivity index (χ3v) is 5.87. The summed E-state index contributed by atoms with van der Waals surface area (Å²) in [6, 6.07) is 5.17. The average molecular weight is 319 g/mol. The van der Waals surface area contributed by atoms with Crippen LogP contribution >= 0.6 is 0 Å². The number of benzene rings is 1. The van der Waals surface area contributed by atoms with Crippen molar-refractivity contribution in [1.82, 2.24) is 4.90 Å². The van der Waals surface area contributed by atoms with Crippen LogP contribution in [0.25, 0.3) is 0 Å². The first-order valence-corrected chi connectivity index (χ1v) is 9.31. The highest BCUT2D eigenvalue weighted by Gasteiger charge is 2.41. The molecular formula is C20H30FNO. The van der Waals surface area contributed by atoms with Gasteiger partial charge in [0.05, 0.1) is 5.60 Å². The molecule has 0 radical (unpaired) electrons. The predicted molar refractivity (Wildman–Crippen MR) is 91.9 cm³/mol. The molecule has 23 heavy (non-hydrogen) atoms. The smallest absolute Gasteiger partial charge is 0.126 e. The zero-order valence-electron chi connectivity index (χ0n) is 14.4. The number of halogens is 1. The number of nitrogens with zero attached hydrogens (tertiary/aromatic N) is 1.